The molecule has 0 aliphatic heterocycles. The molecule has 0 aromatic rings. The van der Waals surface area contributed by atoms with Crippen LogP contribution in [0.4, 0.5) is 0 Å². The molecule has 0 amide bonds. The zero-order valence-electron chi connectivity index (χ0n) is 5.95. The summed E-state index contributed by atoms with van der Waals surface area (Å²) in [5, 5.41) is 15.6. The molecule has 0 aliphatic carbocycles. The van der Waals surface area contributed by atoms with Gasteiger partial charge in [0.1, 0.15) is 0 Å². The molecule has 0 unspecified atom stereocenters. The molecule has 0 aliphatic rings. The van der Waals surface area contributed by atoms with Gasteiger partial charge in [0, 0.05) is 6.08 Å². The van der Waals surface area contributed by atoms with Gasteiger partial charge in [0.25, 0.3) is 0 Å². The number of hydrogen-bond donors (Lipinski definition) is 2. The minimum absolute atomic E-state index is 0.0833. The highest BCUT2D eigenvalue weighted by molar-refractivity contribution is 5.79. The second-order valence-corrected chi connectivity index (χ2v) is 1.31. The zero-order valence-corrected chi connectivity index (χ0v) is 5.95. The van der Waals surface area contributed by atoms with E-state index in [0.29, 0.717) is 0 Å². The van der Waals surface area contributed by atoms with Crippen LogP contribution in [-0.4, -0.2) is 22.8 Å². The average Bonchev–Trinajstić information content (AvgIpc) is 1.89. The van der Waals surface area contributed by atoms with E-state index in [1.807, 2.05) is 0 Å². The van der Waals surface area contributed by atoms with E-state index in [-0.39, 0.29) is 6.61 Å². The van der Waals surface area contributed by atoms with Crippen molar-refractivity contribution in [2.45, 2.75) is 6.92 Å². The Labute approximate surface area is 60.3 Å². The van der Waals surface area contributed by atoms with Gasteiger partial charge in [0.15, 0.2) is 0 Å². The summed E-state index contributed by atoms with van der Waals surface area (Å²) in [5.41, 5.74) is 0. The molecular formula is C7H12O3. The van der Waals surface area contributed by atoms with Gasteiger partial charge in [-0.05, 0) is 6.92 Å². The van der Waals surface area contributed by atoms with Gasteiger partial charge in [-0.3, -0.25) is 0 Å². The third kappa shape index (κ3) is 28.5. The predicted molar refractivity (Wildman–Crippen MR) is 39.7 cm³/mol. The fourth-order valence-electron chi connectivity index (χ4n) is 0.143. The Morgan fingerprint density at radius 1 is 1.70 bits per heavy atom. The van der Waals surface area contributed by atoms with Gasteiger partial charge >= 0.3 is 5.97 Å². The molecule has 0 aromatic heterocycles. The van der Waals surface area contributed by atoms with Gasteiger partial charge in [0.05, 0.1) is 6.61 Å². The van der Waals surface area contributed by atoms with Gasteiger partial charge in [-0.1, -0.05) is 12.2 Å². The Bertz CT molecular complexity index is 116. The molecule has 0 rings (SSSR count). The Kier molecular flexibility index (Phi) is 12.6. The molecule has 0 fully saturated rings. The van der Waals surface area contributed by atoms with Crippen molar-refractivity contribution in [2.75, 3.05) is 6.61 Å². The summed E-state index contributed by atoms with van der Waals surface area (Å²) in [6.45, 7) is 4.97. The monoisotopic (exact) mass is 144 g/mol. The van der Waals surface area contributed by atoms with Crippen molar-refractivity contribution >= 4 is 5.97 Å². The van der Waals surface area contributed by atoms with Crippen LogP contribution >= 0.6 is 0 Å². The smallest absolute Gasteiger partial charge is 0.327 e. The van der Waals surface area contributed by atoms with Gasteiger partial charge in [-0.2, -0.15) is 0 Å². The first kappa shape index (κ1) is 11.7. The van der Waals surface area contributed by atoms with Gasteiger partial charge in [-0.15, -0.1) is 6.58 Å². The first-order chi connectivity index (χ1) is 4.68. The fourth-order valence-corrected chi connectivity index (χ4v) is 0.143. The summed E-state index contributed by atoms with van der Waals surface area (Å²) in [6.07, 6.45) is 3.99. The lowest BCUT2D eigenvalue weighted by atomic mass is 10.5. The molecule has 2 N–H and O–H groups in total. The Balaban J connectivity index is 0. The van der Waals surface area contributed by atoms with Crippen molar-refractivity contribution in [3.05, 3.63) is 24.8 Å². The summed E-state index contributed by atoms with van der Waals surface area (Å²) in [6, 6.07) is 0. The van der Waals surface area contributed by atoms with Gasteiger partial charge in [-0.25, -0.2) is 4.79 Å². The number of allylic oxidation sites excluding steroid dienone is 1. The molecule has 10 heavy (non-hydrogen) atoms. The van der Waals surface area contributed by atoms with E-state index in [2.05, 4.69) is 6.58 Å². The number of aliphatic carboxylic acids is 1. The number of rotatable bonds is 2. The molecule has 0 aromatic carbocycles. The van der Waals surface area contributed by atoms with Crippen molar-refractivity contribution in [3.8, 4) is 0 Å². The number of aliphatic hydroxyl groups is 1. The predicted octanol–water partition coefficient (Wildman–Crippen LogP) is 0.812. The number of carboxylic acid groups (broad SMARTS) is 1. The lowest BCUT2D eigenvalue weighted by Gasteiger charge is -1.68. The lowest BCUT2D eigenvalue weighted by molar-refractivity contribution is -0.131. The summed E-state index contributed by atoms with van der Waals surface area (Å²) in [5.74, 6) is -0.891. The number of aliphatic hydroxyl groups excluding tert-OH is 1. The van der Waals surface area contributed by atoms with Crippen LogP contribution in [0.5, 0.6) is 0 Å². The van der Waals surface area contributed by atoms with Crippen molar-refractivity contribution < 1.29 is 15.0 Å². The van der Waals surface area contributed by atoms with Crippen LogP contribution in [0.3, 0.4) is 0 Å². The molecule has 0 atom stereocenters. The maximum absolute atomic E-state index is 9.51. The van der Waals surface area contributed by atoms with Gasteiger partial charge in [0.2, 0.25) is 0 Å². The van der Waals surface area contributed by atoms with Crippen LogP contribution in [-0.2, 0) is 4.79 Å². The highest BCUT2D eigenvalue weighted by Crippen LogP contribution is 1.65. The molecule has 0 bridgehead atoms. The third-order valence-electron chi connectivity index (χ3n) is 0.438. The zero-order chi connectivity index (χ0) is 8.41. The summed E-state index contributed by atoms with van der Waals surface area (Å²) in [7, 11) is 0. The first-order valence-electron chi connectivity index (χ1n) is 2.76. The van der Waals surface area contributed by atoms with E-state index in [1.165, 1.54) is 12.2 Å². The van der Waals surface area contributed by atoms with E-state index < -0.39 is 5.97 Å². The fraction of sp³-hybridized carbons (Fsp3) is 0.286. The van der Waals surface area contributed by atoms with Crippen molar-refractivity contribution in [1.82, 2.24) is 0 Å². The quantitative estimate of drug-likeness (QED) is 0.445. The number of hydrogen-bond acceptors (Lipinski definition) is 2. The van der Waals surface area contributed by atoms with Crippen LogP contribution < -0.4 is 0 Å². The first-order valence-corrected chi connectivity index (χ1v) is 2.76. The molecule has 0 radical (unpaired) electrons. The second kappa shape index (κ2) is 10.8. The number of carbonyl (C=O) groups is 1. The molecule has 0 heterocycles. The summed E-state index contributed by atoms with van der Waals surface area (Å²) >= 11 is 0. The van der Waals surface area contributed by atoms with Crippen LogP contribution in [0, 0.1) is 0 Å². The standard InChI is InChI=1S/C4H6O2.C3H6O/c1-2-3-4(5)6;1-2-3-4/h2-3H,1H3,(H,5,6);2,4H,1,3H2. The summed E-state index contributed by atoms with van der Waals surface area (Å²) < 4.78 is 0. The van der Waals surface area contributed by atoms with E-state index in [4.69, 9.17) is 10.2 Å². The largest absolute Gasteiger partial charge is 0.478 e. The SMILES string of the molecule is C=CCO.CC=CC(=O)O. The van der Waals surface area contributed by atoms with Crippen LogP contribution in [0.15, 0.2) is 24.8 Å². The number of carboxylic acids is 1. The maximum atomic E-state index is 9.51. The lowest BCUT2D eigenvalue weighted by Crippen LogP contribution is -1.83. The van der Waals surface area contributed by atoms with Crippen molar-refractivity contribution in [2.24, 2.45) is 0 Å². The Morgan fingerprint density at radius 3 is 2.10 bits per heavy atom. The highest BCUT2D eigenvalue weighted by Gasteiger charge is 1.76. The molecule has 0 saturated carbocycles. The molecule has 3 nitrogen and oxygen atoms in total. The Morgan fingerprint density at radius 2 is 2.10 bits per heavy atom. The van der Waals surface area contributed by atoms with E-state index >= 15 is 0 Å². The molecule has 58 valence electrons. The molecule has 0 spiro atoms. The topological polar surface area (TPSA) is 57.5 Å². The van der Waals surface area contributed by atoms with Crippen LogP contribution in [0.1, 0.15) is 6.92 Å². The minimum atomic E-state index is -0.891. The normalized spacial score (nSPS) is 8.20. The molecule has 0 saturated heterocycles. The molecular weight excluding hydrogens is 132 g/mol. The average molecular weight is 144 g/mol. The maximum Gasteiger partial charge on any atom is 0.327 e. The van der Waals surface area contributed by atoms with E-state index in [1.54, 1.807) is 6.92 Å². The second-order valence-electron chi connectivity index (χ2n) is 1.31. The summed E-state index contributed by atoms with van der Waals surface area (Å²) in [4.78, 5) is 9.51. The van der Waals surface area contributed by atoms with Crippen LogP contribution in [0.25, 0.3) is 0 Å². The van der Waals surface area contributed by atoms with E-state index in [9.17, 15) is 4.79 Å². The Hall–Kier alpha value is -1.09. The van der Waals surface area contributed by atoms with Gasteiger partial charge < -0.3 is 10.2 Å². The van der Waals surface area contributed by atoms with E-state index in [0.717, 1.165) is 6.08 Å². The molecule has 3 heteroatoms. The highest BCUT2D eigenvalue weighted by atomic mass is 16.4. The van der Waals surface area contributed by atoms with Crippen molar-refractivity contribution in [3.63, 3.8) is 0 Å². The van der Waals surface area contributed by atoms with Crippen LogP contribution in [0.2, 0.25) is 0 Å². The van der Waals surface area contributed by atoms with Crippen molar-refractivity contribution in [1.29, 1.82) is 0 Å². The minimum Gasteiger partial charge on any atom is -0.478 e. The third-order valence-corrected chi connectivity index (χ3v) is 0.438.